The Kier molecular flexibility index (Phi) is 9.86. The fourth-order valence-electron chi connectivity index (χ4n) is 3.57. The molecule has 36 heavy (non-hydrogen) atoms. The Hall–Kier alpha value is -3.40. The molecule has 0 saturated carbocycles. The van der Waals surface area contributed by atoms with Gasteiger partial charge in [-0.2, -0.15) is 4.39 Å². The monoisotopic (exact) mass is 534 g/mol. The maximum absolute atomic E-state index is 13.5. The number of carbonyl (C=O) groups excluding carboxylic acids is 1. The van der Waals surface area contributed by atoms with Crippen LogP contribution in [0.5, 0.6) is 5.75 Å². The third-order valence-electron chi connectivity index (χ3n) is 5.52. The van der Waals surface area contributed by atoms with Gasteiger partial charge in [0.15, 0.2) is 0 Å². The van der Waals surface area contributed by atoms with E-state index in [1.165, 1.54) is 6.07 Å². The van der Waals surface area contributed by atoms with Crippen LogP contribution in [0.2, 0.25) is 10.0 Å². The number of hydrogen-bond acceptors (Lipinski definition) is 5. The molecule has 3 aromatic rings. The van der Waals surface area contributed by atoms with Gasteiger partial charge in [0.2, 0.25) is 5.82 Å². The first-order chi connectivity index (χ1) is 17.2. The highest BCUT2D eigenvalue weighted by Crippen LogP contribution is 2.28. The number of carbonyl (C=O) groups is 1. The molecular formula is C25H25Cl2FN4O4. The molecule has 0 spiro atoms. The summed E-state index contributed by atoms with van der Waals surface area (Å²) in [5.41, 5.74) is 1.37. The average Bonchev–Trinajstić information content (AvgIpc) is 2.84. The molecule has 0 bridgehead atoms. The predicted molar refractivity (Wildman–Crippen MR) is 139 cm³/mol. The minimum Gasteiger partial charge on any atom is -0.508 e. The van der Waals surface area contributed by atoms with Gasteiger partial charge in [0.25, 0.3) is 0 Å². The number of nitro groups is 1. The lowest BCUT2D eigenvalue weighted by molar-refractivity contribution is -0.387. The number of anilines is 1. The summed E-state index contributed by atoms with van der Waals surface area (Å²) in [6, 6.07) is 14.9. The van der Waals surface area contributed by atoms with Gasteiger partial charge in [0.1, 0.15) is 5.75 Å². The average molecular weight is 535 g/mol. The van der Waals surface area contributed by atoms with Crippen LogP contribution < -0.4 is 16.0 Å². The van der Waals surface area contributed by atoms with Crippen molar-refractivity contribution in [2.45, 2.75) is 18.8 Å². The van der Waals surface area contributed by atoms with Crippen LogP contribution in [-0.4, -0.2) is 35.7 Å². The molecule has 2 amide bonds. The van der Waals surface area contributed by atoms with Crippen molar-refractivity contribution in [2.24, 2.45) is 0 Å². The van der Waals surface area contributed by atoms with Crippen molar-refractivity contribution in [2.75, 3.05) is 25.0 Å². The normalized spacial score (nSPS) is 11.6. The zero-order valence-corrected chi connectivity index (χ0v) is 20.7. The van der Waals surface area contributed by atoms with Gasteiger partial charge >= 0.3 is 11.7 Å². The van der Waals surface area contributed by atoms with Gasteiger partial charge in [-0.1, -0.05) is 41.4 Å². The van der Waals surface area contributed by atoms with Crippen LogP contribution in [0.25, 0.3) is 0 Å². The van der Waals surface area contributed by atoms with Crippen molar-refractivity contribution in [1.82, 2.24) is 10.6 Å². The van der Waals surface area contributed by atoms with Crippen molar-refractivity contribution >= 4 is 40.6 Å². The number of nitrogens with zero attached hydrogens (tertiary/aromatic N) is 1. The van der Waals surface area contributed by atoms with Gasteiger partial charge in [0.05, 0.1) is 15.0 Å². The molecule has 0 aromatic heterocycles. The number of benzene rings is 3. The number of phenols is 1. The fourth-order valence-corrected chi connectivity index (χ4v) is 3.88. The Labute approximate surface area is 217 Å². The molecular weight excluding hydrogens is 510 g/mol. The summed E-state index contributed by atoms with van der Waals surface area (Å²) in [6.07, 6.45) is 1.47. The van der Waals surface area contributed by atoms with Gasteiger partial charge in [-0.15, -0.1) is 0 Å². The summed E-state index contributed by atoms with van der Waals surface area (Å²) in [4.78, 5) is 22.5. The minimum absolute atomic E-state index is 0.0996. The molecule has 190 valence electrons. The lowest BCUT2D eigenvalue weighted by Crippen LogP contribution is -2.33. The summed E-state index contributed by atoms with van der Waals surface area (Å²) in [6.45, 7) is 1.65. The number of amides is 2. The van der Waals surface area contributed by atoms with E-state index >= 15 is 0 Å². The van der Waals surface area contributed by atoms with Gasteiger partial charge in [-0.3, -0.25) is 10.1 Å². The maximum Gasteiger partial charge on any atom is 0.319 e. The molecule has 0 saturated heterocycles. The highest BCUT2D eigenvalue weighted by Gasteiger charge is 2.17. The molecule has 11 heteroatoms. The molecule has 3 rings (SSSR count). The number of phenolic OH excluding ortho intramolecular Hbond substituents is 1. The summed E-state index contributed by atoms with van der Waals surface area (Å²) < 4.78 is 13.5. The predicted octanol–water partition coefficient (Wildman–Crippen LogP) is 5.87. The van der Waals surface area contributed by atoms with Crippen molar-refractivity contribution in [3.8, 4) is 5.75 Å². The van der Waals surface area contributed by atoms with Crippen molar-refractivity contribution in [3.05, 3.63) is 97.8 Å². The summed E-state index contributed by atoms with van der Waals surface area (Å²) in [5.74, 6) is -0.858. The molecule has 0 fully saturated rings. The zero-order valence-electron chi connectivity index (χ0n) is 19.1. The molecule has 0 aliphatic rings. The van der Waals surface area contributed by atoms with Crippen LogP contribution in [0.4, 0.5) is 20.6 Å². The Bertz CT molecular complexity index is 1210. The fraction of sp³-hybridized carbons (Fsp3) is 0.240. The van der Waals surface area contributed by atoms with E-state index < -0.39 is 22.5 Å². The van der Waals surface area contributed by atoms with Crippen molar-refractivity contribution < 1.29 is 19.2 Å². The smallest absolute Gasteiger partial charge is 0.319 e. The van der Waals surface area contributed by atoms with Crippen LogP contribution >= 0.6 is 23.2 Å². The van der Waals surface area contributed by atoms with E-state index in [-0.39, 0.29) is 23.9 Å². The van der Waals surface area contributed by atoms with Crippen molar-refractivity contribution in [1.29, 1.82) is 0 Å². The number of hydrogen-bond donors (Lipinski definition) is 4. The van der Waals surface area contributed by atoms with Gasteiger partial charge in [-0.05, 0) is 73.5 Å². The Balaban J connectivity index is 1.57. The largest absolute Gasteiger partial charge is 0.508 e. The van der Waals surface area contributed by atoms with Crippen LogP contribution in [0, 0.1) is 15.9 Å². The third kappa shape index (κ3) is 8.08. The number of urea groups is 1. The number of nitrogens with one attached hydrogen (secondary N) is 3. The first kappa shape index (κ1) is 27.2. The molecule has 4 N–H and O–H groups in total. The summed E-state index contributed by atoms with van der Waals surface area (Å²) in [7, 11) is 0. The number of nitro benzene ring substituents is 1. The van der Waals surface area contributed by atoms with E-state index in [2.05, 4.69) is 16.0 Å². The Morgan fingerprint density at radius 2 is 1.78 bits per heavy atom. The van der Waals surface area contributed by atoms with E-state index in [1.54, 1.807) is 24.3 Å². The van der Waals surface area contributed by atoms with Crippen LogP contribution in [-0.2, 0) is 6.42 Å². The molecule has 0 aliphatic heterocycles. The second-order valence-electron chi connectivity index (χ2n) is 8.08. The summed E-state index contributed by atoms with van der Waals surface area (Å²) in [5, 5.41) is 29.8. The van der Waals surface area contributed by atoms with E-state index in [9.17, 15) is 24.4 Å². The van der Waals surface area contributed by atoms with E-state index in [1.807, 2.05) is 18.2 Å². The van der Waals surface area contributed by atoms with E-state index in [0.717, 1.165) is 36.2 Å². The third-order valence-corrected chi connectivity index (χ3v) is 6.26. The van der Waals surface area contributed by atoms with E-state index in [4.69, 9.17) is 23.2 Å². The van der Waals surface area contributed by atoms with Crippen LogP contribution in [0.15, 0.2) is 60.7 Å². The van der Waals surface area contributed by atoms with Gasteiger partial charge < -0.3 is 21.1 Å². The second kappa shape index (κ2) is 13.1. The first-order valence-electron chi connectivity index (χ1n) is 11.2. The molecule has 1 atom stereocenters. The standard InChI is InChI=1S/C25H25Cl2FN4O4/c26-21-7-3-17(13-22(21)27)18(10-12-29-11-9-16-1-5-20(33)6-2-16)15-30-25(34)31-19-4-8-23(28)24(14-19)32(35)36/h1-8,13-14,18,29,33H,9-12,15H2,(H2,30,31,34). The maximum atomic E-state index is 13.5. The van der Waals surface area contributed by atoms with E-state index in [0.29, 0.717) is 23.0 Å². The van der Waals surface area contributed by atoms with Gasteiger partial charge in [-0.25, -0.2) is 4.79 Å². The molecule has 1 unspecified atom stereocenters. The lowest BCUT2D eigenvalue weighted by atomic mass is 9.95. The topological polar surface area (TPSA) is 117 Å². The molecule has 0 radical (unpaired) electrons. The summed E-state index contributed by atoms with van der Waals surface area (Å²) >= 11 is 12.2. The number of aromatic hydroxyl groups is 1. The molecule has 8 nitrogen and oxygen atoms in total. The second-order valence-corrected chi connectivity index (χ2v) is 8.90. The highest BCUT2D eigenvalue weighted by atomic mass is 35.5. The molecule has 3 aromatic carbocycles. The van der Waals surface area contributed by atoms with Gasteiger partial charge in [0, 0.05) is 24.2 Å². The number of rotatable bonds is 11. The lowest BCUT2D eigenvalue weighted by Gasteiger charge is -2.19. The highest BCUT2D eigenvalue weighted by molar-refractivity contribution is 6.42. The Morgan fingerprint density at radius 1 is 1.03 bits per heavy atom. The van der Waals surface area contributed by atoms with Crippen LogP contribution in [0.1, 0.15) is 23.5 Å². The molecule has 0 heterocycles. The SMILES string of the molecule is O=C(NCC(CCNCCc1ccc(O)cc1)c1ccc(Cl)c(Cl)c1)Nc1ccc(F)c([N+](=O)[O-])c1. The van der Waals surface area contributed by atoms with Crippen molar-refractivity contribution in [3.63, 3.8) is 0 Å². The zero-order chi connectivity index (χ0) is 26.1. The number of halogens is 3. The first-order valence-corrected chi connectivity index (χ1v) is 11.9. The quantitative estimate of drug-likeness (QED) is 0.139. The van der Waals surface area contributed by atoms with Crippen LogP contribution in [0.3, 0.4) is 0 Å². The Morgan fingerprint density at radius 3 is 2.47 bits per heavy atom. The molecule has 0 aliphatic carbocycles. The minimum atomic E-state index is -0.983.